The number of benzene rings is 3. The van der Waals surface area contributed by atoms with E-state index in [-0.39, 0.29) is 18.2 Å². The second kappa shape index (κ2) is 12.8. The van der Waals surface area contributed by atoms with Gasteiger partial charge in [-0.15, -0.1) is 0 Å². The van der Waals surface area contributed by atoms with Crippen LogP contribution in [0.2, 0.25) is 10.0 Å². The number of hydrogen-bond donors (Lipinski definition) is 1. The molecule has 3 rings (SSSR count). The van der Waals surface area contributed by atoms with Crippen molar-refractivity contribution >= 4 is 51.8 Å². The maximum absolute atomic E-state index is 13.4. The molecule has 1 atom stereocenters. The number of anilines is 1. The van der Waals surface area contributed by atoms with E-state index < -0.39 is 28.4 Å². The monoisotopic (exact) mass is 583 g/mol. The smallest absolute Gasteiger partial charge is 0.374 e. The van der Waals surface area contributed by atoms with E-state index in [2.05, 4.69) is 5.32 Å². The Morgan fingerprint density at radius 1 is 1.00 bits per heavy atom. The molecular weight excluding hydrogens is 558 g/mol. The van der Waals surface area contributed by atoms with Crippen LogP contribution in [-0.2, 0) is 19.3 Å². The average molecular weight is 584 g/mol. The molecule has 0 radical (unpaired) electrons. The fraction of sp³-hybridized carbons (Fsp3) is 0.296. The Labute approximate surface area is 234 Å². The van der Waals surface area contributed by atoms with Crippen molar-refractivity contribution < 1.29 is 18.1 Å². The zero-order chi connectivity index (χ0) is 28.0. The van der Waals surface area contributed by atoms with E-state index in [4.69, 9.17) is 35.4 Å². The van der Waals surface area contributed by atoms with Crippen molar-refractivity contribution in [2.24, 2.45) is 5.92 Å². The second-order valence-corrected chi connectivity index (χ2v) is 10.5. The Hall–Kier alpha value is -2.88. The van der Waals surface area contributed by atoms with E-state index in [1.807, 2.05) is 26.0 Å². The lowest BCUT2D eigenvalue weighted by atomic mass is 9.99. The van der Waals surface area contributed by atoms with Gasteiger partial charge in [0.15, 0.2) is 0 Å². The third kappa shape index (κ3) is 8.06. The van der Waals surface area contributed by atoms with Crippen LogP contribution < -0.4 is 10.2 Å². The van der Waals surface area contributed by atoms with E-state index in [0.29, 0.717) is 34.1 Å². The summed E-state index contributed by atoms with van der Waals surface area (Å²) in [5, 5.41) is 16.3. The molecule has 0 aliphatic rings. The number of alkyl halides is 3. The number of halogens is 5. The topological polar surface area (TPSA) is 58.4 Å². The second-order valence-electron chi connectivity index (χ2n) is 9.20. The van der Waals surface area contributed by atoms with E-state index in [9.17, 15) is 23.3 Å². The highest BCUT2D eigenvalue weighted by Crippen LogP contribution is 2.38. The normalized spacial score (nSPS) is 12.3. The van der Waals surface area contributed by atoms with Crippen LogP contribution in [0.1, 0.15) is 37.0 Å². The summed E-state index contributed by atoms with van der Waals surface area (Å²) in [7, 11) is 0. The zero-order valence-corrected chi connectivity index (χ0v) is 23.0. The van der Waals surface area contributed by atoms with E-state index in [1.165, 1.54) is 0 Å². The first kappa shape index (κ1) is 29.7. The van der Waals surface area contributed by atoms with Crippen LogP contribution in [0.5, 0.6) is 0 Å². The fourth-order valence-electron chi connectivity index (χ4n) is 3.97. The molecule has 38 heavy (non-hydrogen) atoms. The molecule has 1 N–H and O–H groups in total. The summed E-state index contributed by atoms with van der Waals surface area (Å²) in [5.74, 6) is 0.122. The van der Waals surface area contributed by atoms with Gasteiger partial charge in [-0.2, -0.15) is 13.2 Å². The van der Waals surface area contributed by atoms with E-state index in [1.54, 1.807) is 41.3 Å². The van der Waals surface area contributed by atoms with Gasteiger partial charge >= 0.3 is 6.18 Å². The van der Waals surface area contributed by atoms with Crippen molar-refractivity contribution in [3.63, 3.8) is 0 Å². The highest BCUT2D eigenvalue weighted by atomic mass is 35.5. The summed E-state index contributed by atoms with van der Waals surface area (Å²) in [6.07, 6.45) is -4.23. The average Bonchev–Trinajstić information content (AvgIpc) is 2.85. The number of nitro benzene ring substituents is 1. The molecule has 0 aromatic heterocycles. The summed E-state index contributed by atoms with van der Waals surface area (Å²) in [4.78, 5) is 13.3. The number of nitrogens with zero attached hydrogens (tertiary/aromatic N) is 2. The van der Waals surface area contributed by atoms with Crippen molar-refractivity contribution in [2.45, 2.75) is 45.6 Å². The summed E-state index contributed by atoms with van der Waals surface area (Å²) in [6.45, 7) is 4.50. The summed E-state index contributed by atoms with van der Waals surface area (Å²) in [5.41, 5.74) is -0.0202. The number of hydrogen-bond acceptors (Lipinski definition) is 4. The lowest BCUT2D eigenvalue weighted by molar-refractivity contribution is -0.384. The molecule has 0 bridgehead atoms. The lowest BCUT2D eigenvalue weighted by Gasteiger charge is -2.35. The molecular formula is C27H26Cl2F3N3O2S. The van der Waals surface area contributed by atoms with Crippen LogP contribution >= 0.6 is 35.4 Å². The minimum absolute atomic E-state index is 0.0410. The number of nitrogens with one attached hydrogen (secondary N) is 1. The molecule has 1 unspecified atom stereocenters. The zero-order valence-electron chi connectivity index (χ0n) is 20.6. The van der Waals surface area contributed by atoms with Crippen molar-refractivity contribution in [2.75, 3.05) is 4.90 Å². The van der Waals surface area contributed by atoms with Crippen LogP contribution in [-0.4, -0.2) is 16.0 Å². The summed E-state index contributed by atoms with van der Waals surface area (Å²) >= 11 is 17.8. The number of rotatable bonds is 10. The molecule has 0 saturated carbocycles. The van der Waals surface area contributed by atoms with Gasteiger partial charge in [0.25, 0.3) is 5.69 Å². The quantitative estimate of drug-likeness (QED) is 0.147. The first-order valence-corrected chi connectivity index (χ1v) is 12.9. The van der Waals surface area contributed by atoms with E-state index >= 15 is 0 Å². The van der Waals surface area contributed by atoms with Gasteiger partial charge in [0, 0.05) is 29.2 Å². The molecule has 202 valence electrons. The maximum Gasteiger partial charge on any atom is 0.416 e. The minimum Gasteiger partial charge on any atom is -0.374 e. The van der Waals surface area contributed by atoms with Crippen LogP contribution in [0.25, 0.3) is 0 Å². The van der Waals surface area contributed by atoms with Crippen molar-refractivity contribution in [1.82, 2.24) is 5.32 Å². The summed E-state index contributed by atoms with van der Waals surface area (Å²) < 4.78 is 40.2. The van der Waals surface area contributed by atoms with Gasteiger partial charge in [0.2, 0.25) is 0 Å². The largest absolute Gasteiger partial charge is 0.416 e. The Morgan fingerprint density at radius 2 is 1.55 bits per heavy atom. The molecule has 0 fully saturated rings. The number of nitro groups is 1. The Balaban J connectivity index is 2.06. The van der Waals surface area contributed by atoms with Crippen molar-refractivity contribution in [3.8, 4) is 0 Å². The maximum atomic E-state index is 13.4. The number of thiocarbonyl (C=S) groups is 1. The van der Waals surface area contributed by atoms with Gasteiger partial charge in [-0.1, -0.05) is 73.5 Å². The molecule has 0 saturated heterocycles. The molecule has 0 spiro atoms. The molecule has 0 aliphatic heterocycles. The Kier molecular flexibility index (Phi) is 9.98. The SMILES string of the molecule is CC(C)CC(C(=S)NCc1ccc(Cl)cc1)N(Cc1ccc(Cl)cc1)c1ccc(C(F)(F)F)cc1[N+](=O)[O-]. The molecule has 3 aromatic carbocycles. The molecule has 3 aromatic rings. The van der Waals surface area contributed by atoms with Crippen molar-refractivity contribution in [1.29, 1.82) is 0 Å². The molecule has 0 heterocycles. The van der Waals surface area contributed by atoms with Crippen LogP contribution in [0, 0.1) is 16.0 Å². The predicted molar refractivity (Wildman–Crippen MR) is 150 cm³/mol. The lowest BCUT2D eigenvalue weighted by Crippen LogP contribution is -2.46. The standard InChI is InChI=1S/C27H26Cl2F3N3O2S/c1-17(2)13-25(26(38)33-15-18-3-8-21(28)9-4-18)34(16-19-5-10-22(29)11-6-19)23-12-7-20(27(30,31)32)14-24(23)35(36)37/h3-12,14,17,25H,13,15-16H2,1-2H3,(H,33,38). The first-order chi connectivity index (χ1) is 17.8. The van der Waals surface area contributed by atoms with Gasteiger partial charge < -0.3 is 10.2 Å². The van der Waals surface area contributed by atoms with Gasteiger partial charge in [0.1, 0.15) is 5.69 Å². The first-order valence-electron chi connectivity index (χ1n) is 11.7. The van der Waals surface area contributed by atoms with Crippen LogP contribution in [0.4, 0.5) is 24.5 Å². The third-order valence-electron chi connectivity index (χ3n) is 5.83. The highest BCUT2D eigenvalue weighted by Gasteiger charge is 2.35. The van der Waals surface area contributed by atoms with Crippen molar-refractivity contribution in [3.05, 3.63) is 104 Å². The van der Waals surface area contributed by atoms with Crippen LogP contribution in [0.15, 0.2) is 66.7 Å². The van der Waals surface area contributed by atoms with Crippen LogP contribution in [0.3, 0.4) is 0 Å². The molecule has 11 heteroatoms. The third-order valence-corrected chi connectivity index (χ3v) is 6.75. The van der Waals surface area contributed by atoms with Gasteiger partial charge in [0.05, 0.1) is 21.5 Å². The summed E-state index contributed by atoms with van der Waals surface area (Å²) in [6, 6.07) is 16.1. The Morgan fingerprint density at radius 3 is 2.05 bits per heavy atom. The van der Waals surface area contributed by atoms with E-state index in [0.717, 1.165) is 23.3 Å². The van der Waals surface area contributed by atoms with Gasteiger partial charge in [-0.25, -0.2) is 0 Å². The Bertz CT molecular complexity index is 1270. The predicted octanol–water partition coefficient (Wildman–Crippen LogP) is 8.46. The van der Waals surface area contributed by atoms with Gasteiger partial charge in [-0.05, 0) is 59.9 Å². The molecule has 5 nitrogen and oxygen atoms in total. The minimum atomic E-state index is -4.73. The fourth-order valence-corrected chi connectivity index (χ4v) is 4.52. The van der Waals surface area contributed by atoms with Gasteiger partial charge in [-0.3, -0.25) is 10.1 Å². The molecule has 0 amide bonds. The highest BCUT2D eigenvalue weighted by molar-refractivity contribution is 7.80. The molecule has 0 aliphatic carbocycles.